The zero-order valence-corrected chi connectivity index (χ0v) is 6.37. The van der Waals surface area contributed by atoms with E-state index in [1.807, 2.05) is 19.1 Å². The predicted molar refractivity (Wildman–Crippen MR) is 40.6 cm³/mol. The quantitative estimate of drug-likeness (QED) is 0.692. The van der Waals surface area contributed by atoms with E-state index in [2.05, 4.69) is 0 Å². The minimum absolute atomic E-state index is 0.593. The maximum Gasteiger partial charge on any atom is 0.152 e. The Bertz CT molecular complexity index is 272. The first-order valence-corrected chi connectivity index (χ1v) is 3.51. The van der Waals surface area contributed by atoms with Crippen LogP contribution in [0.15, 0.2) is 16.7 Å². The lowest BCUT2D eigenvalue weighted by molar-refractivity contribution is 0.492. The van der Waals surface area contributed by atoms with Crippen LogP contribution in [0.2, 0.25) is 0 Å². The van der Waals surface area contributed by atoms with E-state index in [4.69, 9.17) is 15.4 Å². The van der Waals surface area contributed by atoms with E-state index in [-0.39, 0.29) is 0 Å². The van der Waals surface area contributed by atoms with Gasteiger partial charge in [-0.25, -0.2) is 0 Å². The molecule has 0 aliphatic heterocycles. The van der Waals surface area contributed by atoms with Crippen LogP contribution >= 0.6 is 0 Å². The van der Waals surface area contributed by atoms with Gasteiger partial charge >= 0.3 is 0 Å². The third-order valence-electron chi connectivity index (χ3n) is 1.58. The number of nitrogens with zero attached hydrogens (tertiary/aromatic N) is 1. The maximum atomic E-state index is 8.49. The van der Waals surface area contributed by atoms with Gasteiger partial charge in [0.2, 0.25) is 0 Å². The van der Waals surface area contributed by atoms with Gasteiger partial charge in [0, 0.05) is 0 Å². The van der Waals surface area contributed by atoms with Crippen LogP contribution in [0.25, 0.3) is 0 Å². The molecule has 1 aromatic heterocycles. The molecular formula is C8H10N2O. The Kier molecular flexibility index (Phi) is 2.29. The van der Waals surface area contributed by atoms with Crippen molar-refractivity contribution < 1.29 is 4.42 Å². The van der Waals surface area contributed by atoms with Gasteiger partial charge in [-0.3, -0.25) is 0 Å². The summed E-state index contributed by atoms with van der Waals surface area (Å²) >= 11 is 0. The van der Waals surface area contributed by atoms with Gasteiger partial charge in [-0.2, -0.15) is 5.26 Å². The first-order chi connectivity index (χ1) is 5.29. The molecule has 1 aromatic rings. The number of rotatable bonds is 2. The molecule has 0 amide bonds. The number of furan rings is 1. The standard InChI is InChI=1S/C8H10N2O/c1-2-6-3-4-11-8(6)7(10)5-9/h3-4,7H,2,10H2,1H3. The Morgan fingerprint density at radius 1 is 1.82 bits per heavy atom. The molecular weight excluding hydrogens is 140 g/mol. The highest BCUT2D eigenvalue weighted by Gasteiger charge is 2.11. The van der Waals surface area contributed by atoms with Crippen LogP contribution in [0.5, 0.6) is 0 Å². The summed E-state index contributed by atoms with van der Waals surface area (Å²) in [5.41, 5.74) is 6.47. The van der Waals surface area contributed by atoms with E-state index >= 15 is 0 Å². The molecule has 1 rings (SSSR count). The molecule has 0 bridgehead atoms. The molecule has 1 atom stereocenters. The van der Waals surface area contributed by atoms with Gasteiger partial charge < -0.3 is 10.2 Å². The fourth-order valence-electron chi connectivity index (χ4n) is 0.971. The van der Waals surface area contributed by atoms with Crippen LogP contribution < -0.4 is 5.73 Å². The Balaban J connectivity index is 2.94. The first kappa shape index (κ1) is 7.83. The molecule has 0 fully saturated rings. The van der Waals surface area contributed by atoms with Crippen molar-refractivity contribution in [1.82, 2.24) is 0 Å². The average Bonchev–Trinajstić information content (AvgIpc) is 2.50. The summed E-state index contributed by atoms with van der Waals surface area (Å²) in [5, 5.41) is 8.49. The summed E-state index contributed by atoms with van der Waals surface area (Å²) in [6.45, 7) is 2.00. The molecule has 2 N–H and O–H groups in total. The zero-order chi connectivity index (χ0) is 8.27. The van der Waals surface area contributed by atoms with Gasteiger partial charge in [0.1, 0.15) is 5.76 Å². The lowest BCUT2D eigenvalue weighted by Crippen LogP contribution is -2.07. The second-order valence-electron chi connectivity index (χ2n) is 2.27. The number of hydrogen-bond acceptors (Lipinski definition) is 3. The predicted octanol–water partition coefficient (Wildman–Crippen LogP) is 1.37. The highest BCUT2D eigenvalue weighted by atomic mass is 16.3. The smallest absolute Gasteiger partial charge is 0.152 e. The van der Waals surface area contributed by atoms with E-state index in [0.29, 0.717) is 5.76 Å². The fourth-order valence-corrected chi connectivity index (χ4v) is 0.971. The highest BCUT2D eigenvalue weighted by Crippen LogP contribution is 2.16. The third kappa shape index (κ3) is 1.41. The second-order valence-corrected chi connectivity index (χ2v) is 2.27. The van der Waals surface area contributed by atoms with E-state index in [1.54, 1.807) is 6.26 Å². The number of nitriles is 1. The Morgan fingerprint density at radius 3 is 3.09 bits per heavy atom. The van der Waals surface area contributed by atoms with Crippen molar-refractivity contribution in [2.45, 2.75) is 19.4 Å². The maximum absolute atomic E-state index is 8.49. The molecule has 3 heteroatoms. The van der Waals surface area contributed by atoms with Gasteiger partial charge in [-0.15, -0.1) is 0 Å². The van der Waals surface area contributed by atoms with E-state index in [1.165, 1.54) is 0 Å². The SMILES string of the molecule is CCc1ccoc1C(N)C#N. The molecule has 0 radical (unpaired) electrons. The summed E-state index contributed by atoms with van der Waals surface area (Å²) in [7, 11) is 0. The molecule has 0 aliphatic rings. The molecule has 0 spiro atoms. The molecule has 0 aliphatic carbocycles. The monoisotopic (exact) mass is 150 g/mol. The Hall–Kier alpha value is -1.27. The number of aryl methyl sites for hydroxylation is 1. The van der Waals surface area contributed by atoms with Gasteiger partial charge in [0.15, 0.2) is 6.04 Å². The van der Waals surface area contributed by atoms with Crippen molar-refractivity contribution in [2.75, 3.05) is 0 Å². The van der Waals surface area contributed by atoms with Crippen LogP contribution in [-0.2, 0) is 6.42 Å². The molecule has 0 saturated heterocycles. The lowest BCUT2D eigenvalue weighted by atomic mass is 10.1. The lowest BCUT2D eigenvalue weighted by Gasteiger charge is -1.99. The van der Waals surface area contributed by atoms with Crippen molar-refractivity contribution in [3.8, 4) is 6.07 Å². The normalized spacial score (nSPS) is 12.5. The molecule has 0 saturated carbocycles. The van der Waals surface area contributed by atoms with E-state index in [0.717, 1.165) is 12.0 Å². The number of hydrogen-bond donors (Lipinski definition) is 1. The van der Waals surface area contributed by atoms with Crippen molar-refractivity contribution in [3.63, 3.8) is 0 Å². The molecule has 58 valence electrons. The summed E-state index contributed by atoms with van der Waals surface area (Å²) in [6.07, 6.45) is 2.41. The molecule has 3 nitrogen and oxygen atoms in total. The first-order valence-electron chi connectivity index (χ1n) is 3.51. The van der Waals surface area contributed by atoms with Crippen LogP contribution in [0.3, 0.4) is 0 Å². The molecule has 1 heterocycles. The molecule has 0 aromatic carbocycles. The molecule has 1 unspecified atom stereocenters. The summed E-state index contributed by atoms with van der Waals surface area (Å²) < 4.78 is 5.06. The van der Waals surface area contributed by atoms with Crippen molar-refractivity contribution in [3.05, 3.63) is 23.7 Å². The van der Waals surface area contributed by atoms with Gasteiger partial charge in [0.25, 0.3) is 0 Å². The largest absolute Gasteiger partial charge is 0.466 e. The van der Waals surface area contributed by atoms with Crippen molar-refractivity contribution in [2.24, 2.45) is 5.73 Å². The van der Waals surface area contributed by atoms with Crippen LogP contribution in [0.1, 0.15) is 24.3 Å². The third-order valence-corrected chi connectivity index (χ3v) is 1.58. The minimum atomic E-state index is -0.625. The summed E-state index contributed by atoms with van der Waals surface area (Å²) in [5.74, 6) is 0.593. The van der Waals surface area contributed by atoms with Crippen molar-refractivity contribution >= 4 is 0 Å². The Labute approximate surface area is 65.4 Å². The number of nitrogens with two attached hydrogens (primary N) is 1. The van der Waals surface area contributed by atoms with E-state index in [9.17, 15) is 0 Å². The topological polar surface area (TPSA) is 62.9 Å². The Morgan fingerprint density at radius 2 is 2.55 bits per heavy atom. The van der Waals surface area contributed by atoms with Gasteiger partial charge in [-0.05, 0) is 18.1 Å². The van der Waals surface area contributed by atoms with Gasteiger partial charge in [0.05, 0.1) is 12.3 Å². The minimum Gasteiger partial charge on any atom is -0.466 e. The highest BCUT2D eigenvalue weighted by molar-refractivity contribution is 5.23. The van der Waals surface area contributed by atoms with Crippen LogP contribution in [0, 0.1) is 11.3 Å². The van der Waals surface area contributed by atoms with Crippen LogP contribution in [0.4, 0.5) is 0 Å². The molecule has 11 heavy (non-hydrogen) atoms. The van der Waals surface area contributed by atoms with E-state index < -0.39 is 6.04 Å². The average molecular weight is 150 g/mol. The fraction of sp³-hybridized carbons (Fsp3) is 0.375. The zero-order valence-electron chi connectivity index (χ0n) is 6.37. The van der Waals surface area contributed by atoms with Gasteiger partial charge in [-0.1, -0.05) is 6.92 Å². The summed E-state index contributed by atoms with van der Waals surface area (Å²) in [4.78, 5) is 0. The summed E-state index contributed by atoms with van der Waals surface area (Å²) in [6, 6.07) is 3.14. The second kappa shape index (κ2) is 3.22. The van der Waals surface area contributed by atoms with Crippen LogP contribution in [-0.4, -0.2) is 0 Å². The van der Waals surface area contributed by atoms with Crippen molar-refractivity contribution in [1.29, 1.82) is 5.26 Å².